The SMILES string of the molecule is CCC(CC(=O)O)c1cc(F)c(N(CC(C)C)CC(C)C)c([N+](=O)[O-])c1. The number of hydrogen-bond acceptors (Lipinski definition) is 4. The fourth-order valence-electron chi connectivity index (χ4n) is 3.14. The lowest BCUT2D eigenvalue weighted by Crippen LogP contribution is -2.32. The third-order valence-corrected chi connectivity index (χ3v) is 4.13. The Balaban J connectivity index is 3.47. The van der Waals surface area contributed by atoms with E-state index in [1.54, 1.807) is 11.8 Å². The summed E-state index contributed by atoms with van der Waals surface area (Å²) in [5.74, 6) is -1.71. The fourth-order valence-corrected chi connectivity index (χ4v) is 3.14. The molecule has 0 aliphatic rings. The maximum absolute atomic E-state index is 15.0. The first-order valence-electron chi connectivity index (χ1n) is 9.01. The maximum Gasteiger partial charge on any atom is 0.303 e. The van der Waals surface area contributed by atoms with Crippen LogP contribution in [0.4, 0.5) is 15.8 Å². The van der Waals surface area contributed by atoms with Gasteiger partial charge in [0.15, 0.2) is 11.5 Å². The highest BCUT2D eigenvalue weighted by Gasteiger charge is 2.28. The molecule has 0 radical (unpaired) electrons. The largest absolute Gasteiger partial charge is 0.481 e. The Labute approximate surface area is 154 Å². The van der Waals surface area contributed by atoms with Gasteiger partial charge in [-0.2, -0.15) is 0 Å². The van der Waals surface area contributed by atoms with Gasteiger partial charge in [0, 0.05) is 19.2 Å². The van der Waals surface area contributed by atoms with E-state index >= 15 is 0 Å². The zero-order chi connectivity index (χ0) is 20.0. The van der Waals surface area contributed by atoms with E-state index in [0.29, 0.717) is 25.1 Å². The third kappa shape index (κ3) is 5.97. The molecule has 1 aromatic rings. The van der Waals surface area contributed by atoms with E-state index in [1.165, 1.54) is 12.1 Å². The highest BCUT2D eigenvalue weighted by atomic mass is 19.1. The number of rotatable bonds is 10. The number of benzene rings is 1. The van der Waals surface area contributed by atoms with Gasteiger partial charge in [-0.1, -0.05) is 34.6 Å². The number of nitro groups is 1. The van der Waals surface area contributed by atoms with Gasteiger partial charge >= 0.3 is 5.97 Å². The predicted molar refractivity (Wildman–Crippen MR) is 100 cm³/mol. The lowest BCUT2D eigenvalue weighted by atomic mass is 9.92. The second-order valence-electron chi connectivity index (χ2n) is 7.52. The maximum atomic E-state index is 15.0. The molecule has 6 nitrogen and oxygen atoms in total. The molecule has 26 heavy (non-hydrogen) atoms. The van der Waals surface area contributed by atoms with Crippen molar-refractivity contribution in [3.05, 3.63) is 33.6 Å². The molecule has 146 valence electrons. The van der Waals surface area contributed by atoms with E-state index in [0.717, 1.165) is 0 Å². The van der Waals surface area contributed by atoms with Gasteiger partial charge in [-0.15, -0.1) is 0 Å². The van der Waals surface area contributed by atoms with Crippen molar-refractivity contribution in [2.45, 2.75) is 53.4 Å². The van der Waals surface area contributed by atoms with Crippen LogP contribution in [0.25, 0.3) is 0 Å². The van der Waals surface area contributed by atoms with Gasteiger partial charge in [-0.25, -0.2) is 4.39 Å². The molecular weight excluding hydrogens is 339 g/mol. The monoisotopic (exact) mass is 368 g/mol. The Kier molecular flexibility index (Phi) is 7.99. The topological polar surface area (TPSA) is 83.7 Å². The molecule has 0 saturated carbocycles. The molecule has 0 amide bonds. The Hall–Kier alpha value is -2.18. The van der Waals surface area contributed by atoms with E-state index in [2.05, 4.69) is 0 Å². The second kappa shape index (κ2) is 9.50. The van der Waals surface area contributed by atoms with Crippen molar-refractivity contribution in [2.75, 3.05) is 18.0 Å². The standard InChI is InChI=1S/C19H29FN2O4/c1-6-14(9-18(23)24)15-7-16(20)19(17(8-15)22(25)26)21(10-12(2)3)11-13(4)5/h7-8,12-14H,6,9-11H2,1-5H3,(H,23,24). The van der Waals surface area contributed by atoms with E-state index < -0.39 is 22.6 Å². The lowest BCUT2D eigenvalue weighted by molar-refractivity contribution is -0.384. The van der Waals surface area contributed by atoms with Crippen LogP contribution in [0.5, 0.6) is 0 Å². The molecule has 0 aromatic heterocycles. The number of halogens is 1. The summed E-state index contributed by atoms with van der Waals surface area (Å²) in [6.07, 6.45) is 0.276. The van der Waals surface area contributed by atoms with Crippen LogP contribution in [0.3, 0.4) is 0 Å². The number of aliphatic carboxylic acids is 1. The summed E-state index contributed by atoms with van der Waals surface area (Å²) in [5, 5.41) is 20.7. The van der Waals surface area contributed by atoms with E-state index in [-0.39, 0.29) is 29.6 Å². The second-order valence-corrected chi connectivity index (χ2v) is 7.52. The van der Waals surface area contributed by atoms with Crippen molar-refractivity contribution >= 4 is 17.3 Å². The van der Waals surface area contributed by atoms with Crippen molar-refractivity contribution in [2.24, 2.45) is 11.8 Å². The molecule has 1 N–H and O–H groups in total. The Morgan fingerprint density at radius 3 is 2.15 bits per heavy atom. The van der Waals surface area contributed by atoms with Gasteiger partial charge in [-0.3, -0.25) is 14.9 Å². The van der Waals surface area contributed by atoms with Gasteiger partial charge in [0.2, 0.25) is 0 Å². The van der Waals surface area contributed by atoms with Crippen molar-refractivity contribution in [1.82, 2.24) is 0 Å². The number of hydrogen-bond donors (Lipinski definition) is 1. The number of anilines is 1. The predicted octanol–water partition coefficient (Wildman–Crippen LogP) is 4.82. The van der Waals surface area contributed by atoms with Crippen molar-refractivity contribution in [3.8, 4) is 0 Å². The quantitative estimate of drug-likeness (QED) is 0.473. The highest BCUT2D eigenvalue weighted by Crippen LogP contribution is 2.37. The van der Waals surface area contributed by atoms with Gasteiger partial charge in [-0.05, 0) is 35.8 Å². The summed E-state index contributed by atoms with van der Waals surface area (Å²) in [6.45, 7) is 10.7. The molecule has 0 bridgehead atoms. The zero-order valence-electron chi connectivity index (χ0n) is 16.2. The molecule has 0 aliphatic heterocycles. The van der Waals surface area contributed by atoms with Crippen LogP contribution in [0.1, 0.15) is 58.9 Å². The molecule has 0 spiro atoms. The molecule has 0 saturated heterocycles. The minimum atomic E-state index is -1.01. The molecule has 0 heterocycles. The summed E-state index contributed by atoms with van der Waals surface area (Å²) >= 11 is 0. The van der Waals surface area contributed by atoms with Gasteiger partial charge in [0.05, 0.1) is 11.3 Å². The molecule has 7 heteroatoms. The normalized spacial score (nSPS) is 12.5. The molecule has 1 unspecified atom stereocenters. The van der Waals surface area contributed by atoms with Crippen LogP contribution in [0.2, 0.25) is 0 Å². The van der Waals surface area contributed by atoms with Crippen LogP contribution in [0.15, 0.2) is 12.1 Å². The van der Waals surface area contributed by atoms with E-state index in [4.69, 9.17) is 5.11 Å². The van der Waals surface area contributed by atoms with Gasteiger partial charge in [0.25, 0.3) is 5.69 Å². The smallest absolute Gasteiger partial charge is 0.303 e. The molecule has 0 aliphatic carbocycles. The minimum absolute atomic E-state index is 0.00803. The first-order valence-corrected chi connectivity index (χ1v) is 9.01. The summed E-state index contributed by atoms with van der Waals surface area (Å²) in [5.41, 5.74) is 0.0494. The lowest BCUT2D eigenvalue weighted by Gasteiger charge is -2.29. The average molecular weight is 368 g/mol. The van der Waals surface area contributed by atoms with E-state index in [9.17, 15) is 19.3 Å². The van der Waals surface area contributed by atoms with Crippen LogP contribution < -0.4 is 4.90 Å². The van der Waals surface area contributed by atoms with Crippen LogP contribution in [0, 0.1) is 27.8 Å². The average Bonchev–Trinajstić information content (AvgIpc) is 2.49. The van der Waals surface area contributed by atoms with Gasteiger partial charge in [0.1, 0.15) is 0 Å². The van der Waals surface area contributed by atoms with Crippen LogP contribution in [-0.4, -0.2) is 29.1 Å². The summed E-state index contributed by atoms with van der Waals surface area (Å²) in [6, 6.07) is 2.59. The fraction of sp³-hybridized carbons (Fsp3) is 0.632. The molecule has 1 aromatic carbocycles. The number of carboxylic acids is 1. The minimum Gasteiger partial charge on any atom is -0.481 e. The Morgan fingerprint density at radius 1 is 1.23 bits per heavy atom. The highest BCUT2D eigenvalue weighted by molar-refractivity contribution is 5.69. The first-order chi connectivity index (χ1) is 12.1. The molecule has 1 rings (SSSR count). The Morgan fingerprint density at radius 2 is 1.77 bits per heavy atom. The number of nitrogens with zero attached hydrogens (tertiary/aromatic N) is 2. The number of carbonyl (C=O) groups is 1. The molecule has 0 fully saturated rings. The molecule has 1 atom stereocenters. The van der Waals surface area contributed by atoms with Crippen LogP contribution in [-0.2, 0) is 4.79 Å². The number of nitro benzene ring substituents is 1. The Bertz CT molecular complexity index is 637. The zero-order valence-corrected chi connectivity index (χ0v) is 16.2. The van der Waals surface area contributed by atoms with E-state index in [1.807, 2.05) is 27.7 Å². The summed E-state index contributed by atoms with van der Waals surface area (Å²) < 4.78 is 15.0. The third-order valence-electron chi connectivity index (χ3n) is 4.13. The number of carboxylic acid groups (broad SMARTS) is 1. The summed E-state index contributed by atoms with van der Waals surface area (Å²) in [4.78, 5) is 23.8. The first kappa shape index (κ1) is 21.9. The van der Waals surface area contributed by atoms with Crippen molar-refractivity contribution in [1.29, 1.82) is 0 Å². The molecular formula is C19H29FN2O4. The summed E-state index contributed by atoms with van der Waals surface area (Å²) in [7, 11) is 0. The van der Waals surface area contributed by atoms with Crippen molar-refractivity contribution < 1.29 is 19.2 Å². The van der Waals surface area contributed by atoms with Crippen LogP contribution >= 0.6 is 0 Å². The van der Waals surface area contributed by atoms with Crippen molar-refractivity contribution in [3.63, 3.8) is 0 Å². The van der Waals surface area contributed by atoms with Gasteiger partial charge < -0.3 is 10.0 Å².